The monoisotopic (exact) mass is 454 g/mol. The van der Waals surface area contributed by atoms with Crippen LogP contribution in [0.5, 0.6) is 5.75 Å². The van der Waals surface area contributed by atoms with Crippen LogP contribution in [0.4, 0.5) is 10.7 Å². The van der Waals surface area contributed by atoms with Gasteiger partial charge in [-0.25, -0.2) is 4.79 Å². The number of hydrogen-bond acceptors (Lipinski definition) is 6. The lowest BCUT2D eigenvalue weighted by molar-refractivity contribution is 0.0601. The van der Waals surface area contributed by atoms with Crippen molar-refractivity contribution < 1.29 is 18.7 Å². The van der Waals surface area contributed by atoms with Crippen LogP contribution in [0.3, 0.4) is 0 Å². The van der Waals surface area contributed by atoms with E-state index in [1.54, 1.807) is 7.11 Å². The van der Waals surface area contributed by atoms with E-state index in [0.29, 0.717) is 27.1 Å². The van der Waals surface area contributed by atoms with Gasteiger partial charge in [-0.3, -0.25) is 0 Å². The first kappa shape index (κ1) is 21.1. The van der Waals surface area contributed by atoms with Crippen LogP contribution in [-0.2, 0) is 11.2 Å². The van der Waals surface area contributed by atoms with E-state index in [1.807, 2.05) is 50.2 Å². The van der Waals surface area contributed by atoms with Crippen LogP contribution in [-0.4, -0.2) is 25.3 Å². The van der Waals surface area contributed by atoms with Crippen LogP contribution in [0, 0.1) is 6.92 Å². The molecular weight excluding hydrogens is 432 g/mol. The molecule has 0 aliphatic rings. The van der Waals surface area contributed by atoms with Crippen molar-refractivity contribution in [3.05, 3.63) is 52.4 Å². The predicted molar refractivity (Wildman–Crippen MR) is 130 cm³/mol. The average molecular weight is 455 g/mol. The van der Waals surface area contributed by atoms with Gasteiger partial charge in [0.15, 0.2) is 5.11 Å². The van der Waals surface area contributed by atoms with Gasteiger partial charge in [-0.2, -0.15) is 0 Å². The number of para-hydroxylation sites is 1. The minimum atomic E-state index is -0.382. The fraction of sp³-hybridized carbons (Fsp3) is 0.217. The average Bonchev–Trinajstić information content (AvgIpc) is 3.28. The number of ether oxygens (including phenoxy) is 2. The molecule has 2 aromatic heterocycles. The number of rotatable bonds is 5. The number of methoxy groups -OCH3 is 2. The summed E-state index contributed by atoms with van der Waals surface area (Å²) in [5.74, 6) is 0.251. The molecule has 0 amide bonds. The number of fused-ring (bicyclic) bond motifs is 3. The summed E-state index contributed by atoms with van der Waals surface area (Å²) in [6, 6.07) is 11.6. The molecule has 8 heteroatoms. The molecule has 0 bridgehead atoms. The normalized spacial score (nSPS) is 11.0. The summed E-state index contributed by atoms with van der Waals surface area (Å²) in [6.07, 6.45) is 0.727. The van der Waals surface area contributed by atoms with E-state index in [9.17, 15) is 4.79 Å². The summed E-state index contributed by atoms with van der Waals surface area (Å²) in [5.41, 5.74) is 3.68. The Morgan fingerprint density at radius 1 is 1.13 bits per heavy atom. The van der Waals surface area contributed by atoms with Crippen molar-refractivity contribution in [1.82, 2.24) is 0 Å². The van der Waals surface area contributed by atoms with Gasteiger partial charge in [0, 0.05) is 21.7 Å². The van der Waals surface area contributed by atoms with Crippen LogP contribution in [0.25, 0.3) is 21.9 Å². The number of furan rings is 1. The molecule has 6 nitrogen and oxygen atoms in total. The standard InChI is InChI=1S/C23H22N2O4S2/c1-5-13-12(2)31-21(20(13)22(26)28-4)25-23(30)24-16-11-18-15(10-19(16)27-3)14-8-6-7-9-17(14)29-18/h6-11H,5H2,1-4H3,(H2,24,25,30). The number of anilines is 2. The molecule has 0 spiro atoms. The van der Waals surface area contributed by atoms with E-state index in [-0.39, 0.29) is 5.97 Å². The van der Waals surface area contributed by atoms with Crippen molar-refractivity contribution in [1.29, 1.82) is 0 Å². The Labute approximate surface area is 189 Å². The highest BCUT2D eigenvalue weighted by atomic mass is 32.1. The van der Waals surface area contributed by atoms with Crippen LogP contribution in [0.1, 0.15) is 27.7 Å². The molecule has 2 heterocycles. The minimum Gasteiger partial charge on any atom is -0.495 e. The minimum absolute atomic E-state index is 0.336. The third-order valence-electron chi connectivity index (χ3n) is 5.13. The Hall–Kier alpha value is -3.10. The lowest BCUT2D eigenvalue weighted by atomic mass is 10.1. The highest BCUT2D eigenvalue weighted by molar-refractivity contribution is 7.80. The maximum Gasteiger partial charge on any atom is 0.341 e. The molecule has 0 aliphatic heterocycles. The van der Waals surface area contributed by atoms with Crippen molar-refractivity contribution >= 4 is 67.3 Å². The number of benzene rings is 2. The van der Waals surface area contributed by atoms with Crippen LogP contribution >= 0.6 is 23.6 Å². The number of carbonyl (C=O) groups is 1. The van der Waals surface area contributed by atoms with Crippen LogP contribution in [0.15, 0.2) is 40.8 Å². The molecular formula is C23H22N2O4S2. The van der Waals surface area contributed by atoms with Gasteiger partial charge in [0.1, 0.15) is 21.9 Å². The van der Waals surface area contributed by atoms with Gasteiger partial charge in [-0.05, 0) is 43.3 Å². The summed E-state index contributed by atoms with van der Waals surface area (Å²) < 4.78 is 16.5. The topological polar surface area (TPSA) is 72.7 Å². The molecule has 0 unspecified atom stereocenters. The number of esters is 1. The van der Waals surface area contributed by atoms with Crippen LogP contribution < -0.4 is 15.4 Å². The molecule has 4 aromatic rings. The Morgan fingerprint density at radius 2 is 1.90 bits per heavy atom. The van der Waals surface area contributed by atoms with Gasteiger partial charge in [0.25, 0.3) is 0 Å². The molecule has 0 fully saturated rings. The van der Waals surface area contributed by atoms with E-state index < -0.39 is 0 Å². The van der Waals surface area contributed by atoms with Gasteiger partial charge in [-0.15, -0.1) is 11.3 Å². The van der Waals surface area contributed by atoms with E-state index in [4.69, 9.17) is 26.1 Å². The molecule has 0 atom stereocenters. The van der Waals surface area contributed by atoms with Gasteiger partial charge in [0.2, 0.25) is 0 Å². The number of thiocarbonyl (C=S) groups is 1. The van der Waals surface area contributed by atoms with E-state index in [1.165, 1.54) is 18.4 Å². The molecule has 160 valence electrons. The highest BCUT2D eigenvalue weighted by Gasteiger charge is 2.22. The van der Waals surface area contributed by atoms with Crippen molar-refractivity contribution in [3.63, 3.8) is 0 Å². The third-order valence-corrected chi connectivity index (χ3v) is 6.39. The maximum atomic E-state index is 12.3. The predicted octanol–water partition coefficient (Wildman–Crippen LogP) is 6.12. The SMILES string of the molecule is CCc1c(C)sc(NC(=S)Nc2cc3oc4ccccc4c3cc2OC)c1C(=O)OC. The number of aryl methyl sites for hydroxylation is 1. The number of thiophene rings is 1. The maximum absolute atomic E-state index is 12.3. The molecule has 0 saturated carbocycles. The van der Waals surface area contributed by atoms with Crippen molar-refractivity contribution in [3.8, 4) is 5.75 Å². The molecule has 0 aliphatic carbocycles. The summed E-state index contributed by atoms with van der Waals surface area (Å²) in [4.78, 5) is 13.4. The first-order valence-corrected chi connectivity index (χ1v) is 11.0. The van der Waals surface area contributed by atoms with Gasteiger partial charge < -0.3 is 24.5 Å². The van der Waals surface area contributed by atoms with Crippen molar-refractivity contribution in [2.24, 2.45) is 0 Å². The Bertz CT molecular complexity index is 1310. The smallest absolute Gasteiger partial charge is 0.341 e. The second-order valence-electron chi connectivity index (χ2n) is 6.91. The third kappa shape index (κ3) is 3.84. The zero-order valence-electron chi connectivity index (χ0n) is 17.6. The first-order chi connectivity index (χ1) is 15.0. The fourth-order valence-electron chi connectivity index (χ4n) is 3.69. The lowest BCUT2D eigenvalue weighted by Crippen LogP contribution is -2.20. The quantitative estimate of drug-likeness (QED) is 0.278. The molecule has 0 radical (unpaired) electrons. The molecule has 2 N–H and O–H groups in total. The number of nitrogens with one attached hydrogen (secondary N) is 2. The Morgan fingerprint density at radius 3 is 2.61 bits per heavy atom. The lowest BCUT2D eigenvalue weighted by Gasteiger charge is -2.14. The van der Waals surface area contributed by atoms with Gasteiger partial charge >= 0.3 is 5.97 Å². The zero-order chi connectivity index (χ0) is 22.1. The van der Waals surface area contributed by atoms with Gasteiger partial charge in [0.05, 0.1) is 25.5 Å². The molecule has 0 saturated heterocycles. The number of hydrogen-bond donors (Lipinski definition) is 2. The van der Waals surface area contributed by atoms with Crippen molar-refractivity contribution in [2.45, 2.75) is 20.3 Å². The first-order valence-electron chi connectivity index (χ1n) is 9.74. The van der Waals surface area contributed by atoms with Crippen LogP contribution in [0.2, 0.25) is 0 Å². The summed E-state index contributed by atoms with van der Waals surface area (Å²) in [7, 11) is 2.99. The zero-order valence-corrected chi connectivity index (χ0v) is 19.3. The largest absolute Gasteiger partial charge is 0.495 e. The summed E-state index contributed by atoms with van der Waals surface area (Å²) in [6.45, 7) is 3.99. The Balaban J connectivity index is 1.66. The van der Waals surface area contributed by atoms with E-state index in [0.717, 1.165) is 38.8 Å². The molecule has 2 aromatic carbocycles. The number of carbonyl (C=O) groups excluding carboxylic acids is 1. The van der Waals surface area contributed by atoms with E-state index in [2.05, 4.69) is 10.6 Å². The second kappa shape index (κ2) is 8.56. The van der Waals surface area contributed by atoms with Crippen molar-refractivity contribution in [2.75, 3.05) is 24.9 Å². The second-order valence-corrected chi connectivity index (χ2v) is 8.55. The molecule has 31 heavy (non-hydrogen) atoms. The fourth-order valence-corrected chi connectivity index (χ4v) is 5.10. The summed E-state index contributed by atoms with van der Waals surface area (Å²) in [5, 5.41) is 9.29. The summed E-state index contributed by atoms with van der Waals surface area (Å²) >= 11 is 7.00. The Kier molecular flexibility index (Phi) is 5.84. The van der Waals surface area contributed by atoms with Gasteiger partial charge in [-0.1, -0.05) is 25.1 Å². The van der Waals surface area contributed by atoms with E-state index >= 15 is 0 Å². The highest BCUT2D eigenvalue weighted by Crippen LogP contribution is 2.37. The molecule has 4 rings (SSSR count).